The van der Waals surface area contributed by atoms with Crippen LogP contribution in [0.1, 0.15) is 20.3 Å². The van der Waals surface area contributed by atoms with Gasteiger partial charge in [-0.1, -0.05) is 0 Å². The highest BCUT2D eigenvalue weighted by atomic mass is 16.5. The van der Waals surface area contributed by atoms with Crippen LogP contribution in [-0.4, -0.2) is 51.0 Å². The molecule has 1 fully saturated rings. The molecule has 2 atom stereocenters. The first-order valence-electron chi connectivity index (χ1n) is 5.91. The summed E-state index contributed by atoms with van der Waals surface area (Å²) in [5, 5.41) is 6.10. The Labute approximate surface area is 96.9 Å². The first-order chi connectivity index (χ1) is 7.72. The van der Waals surface area contributed by atoms with Crippen molar-refractivity contribution < 1.29 is 14.3 Å². The molecule has 0 aromatic carbocycles. The maximum atomic E-state index is 11.6. The molecule has 1 saturated heterocycles. The van der Waals surface area contributed by atoms with Crippen LogP contribution in [-0.2, 0) is 14.3 Å². The highest BCUT2D eigenvalue weighted by molar-refractivity contribution is 5.76. The molecule has 0 spiro atoms. The van der Waals surface area contributed by atoms with Crippen molar-refractivity contribution in [3.8, 4) is 0 Å². The van der Waals surface area contributed by atoms with Gasteiger partial charge in [-0.3, -0.25) is 4.79 Å². The van der Waals surface area contributed by atoms with Crippen LogP contribution in [0.25, 0.3) is 0 Å². The zero-order chi connectivity index (χ0) is 11.8. The van der Waals surface area contributed by atoms with Crippen LogP contribution in [0.2, 0.25) is 0 Å². The van der Waals surface area contributed by atoms with Gasteiger partial charge in [0.25, 0.3) is 0 Å². The summed E-state index contributed by atoms with van der Waals surface area (Å²) in [5.41, 5.74) is 0. The van der Waals surface area contributed by atoms with E-state index in [2.05, 4.69) is 10.6 Å². The minimum Gasteiger partial charge on any atom is -0.378 e. The van der Waals surface area contributed by atoms with Crippen molar-refractivity contribution in [2.75, 3.05) is 32.9 Å². The van der Waals surface area contributed by atoms with Gasteiger partial charge in [0.1, 0.15) is 0 Å². The smallest absolute Gasteiger partial charge is 0.221 e. The summed E-state index contributed by atoms with van der Waals surface area (Å²) >= 11 is 0. The lowest BCUT2D eigenvalue weighted by molar-refractivity contribution is -0.122. The number of hydrogen-bond acceptors (Lipinski definition) is 4. The lowest BCUT2D eigenvalue weighted by Crippen LogP contribution is -2.45. The molecule has 2 unspecified atom stereocenters. The van der Waals surface area contributed by atoms with Gasteiger partial charge in [0.05, 0.1) is 19.3 Å². The van der Waals surface area contributed by atoms with Crippen LogP contribution in [0.4, 0.5) is 0 Å². The van der Waals surface area contributed by atoms with E-state index in [0.717, 1.165) is 13.2 Å². The Morgan fingerprint density at radius 2 is 2.50 bits per heavy atom. The third kappa shape index (κ3) is 5.44. The quantitative estimate of drug-likeness (QED) is 0.669. The molecule has 0 bridgehead atoms. The molecule has 1 aliphatic heterocycles. The lowest BCUT2D eigenvalue weighted by Gasteiger charge is -2.23. The monoisotopic (exact) mass is 230 g/mol. The van der Waals surface area contributed by atoms with Crippen molar-refractivity contribution >= 4 is 5.91 Å². The second-order valence-electron chi connectivity index (χ2n) is 4.00. The van der Waals surface area contributed by atoms with E-state index in [-0.39, 0.29) is 18.1 Å². The van der Waals surface area contributed by atoms with E-state index in [0.29, 0.717) is 26.2 Å². The van der Waals surface area contributed by atoms with Crippen LogP contribution >= 0.6 is 0 Å². The molecule has 5 heteroatoms. The first-order valence-corrected chi connectivity index (χ1v) is 5.91. The summed E-state index contributed by atoms with van der Waals surface area (Å²) < 4.78 is 10.6. The molecule has 1 heterocycles. The number of hydrogen-bond donors (Lipinski definition) is 2. The lowest BCUT2D eigenvalue weighted by atomic mass is 10.2. The molecular weight excluding hydrogens is 208 g/mol. The Bertz CT molecular complexity index is 205. The van der Waals surface area contributed by atoms with Crippen LogP contribution < -0.4 is 10.6 Å². The Morgan fingerprint density at radius 3 is 3.12 bits per heavy atom. The highest BCUT2D eigenvalue weighted by Gasteiger charge is 2.16. The average Bonchev–Trinajstić information content (AvgIpc) is 2.28. The van der Waals surface area contributed by atoms with Gasteiger partial charge in [-0.25, -0.2) is 0 Å². The summed E-state index contributed by atoms with van der Waals surface area (Å²) in [5.74, 6) is 0.0505. The molecule has 5 nitrogen and oxygen atoms in total. The fourth-order valence-corrected chi connectivity index (χ4v) is 1.65. The van der Waals surface area contributed by atoms with Gasteiger partial charge in [-0.05, 0) is 13.8 Å². The topological polar surface area (TPSA) is 59.6 Å². The second-order valence-corrected chi connectivity index (χ2v) is 4.00. The molecule has 0 aromatic rings. The maximum Gasteiger partial charge on any atom is 0.221 e. The SMILES string of the molecule is CCOC(C)CNC(=O)CC1COCCN1. The first kappa shape index (κ1) is 13.4. The van der Waals surface area contributed by atoms with E-state index in [4.69, 9.17) is 9.47 Å². The molecule has 0 aliphatic carbocycles. The number of carbonyl (C=O) groups is 1. The Morgan fingerprint density at radius 1 is 1.69 bits per heavy atom. The Kier molecular flexibility index (Phi) is 6.37. The number of rotatable bonds is 6. The number of amides is 1. The van der Waals surface area contributed by atoms with Crippen molar-refractivity contribution in [1.82, 2.24) is 10.6 Å². The van der Waals surface area contributed by atoms with Crippen LogP contribution in [0.15, 0.2) is 0 Å². The standard InChI is InChI=1S/C11H22N2O3/c1-3-16-9(2)7-13-11(14)6-10-8-15-5-4-12-10/h9-10,12H,3-8H2,1-2H3,(H,13,14). The predicted octanol–water partition coefficient (Wildman–Crippen LogP) is -0.0939. The van der Waals surface area contributed by atoms with Gasteiger partial charge in [0.15, 0.2) is 0 Å². The molecule has 16 heavy (non-hydrogen) atoms. The van der Waals surface area contributed by atoms with Gasteiger partial charge in [0, 0.05) is 32.2 Å². The van der Waals surface area contributed by atoms with E-state index in [1.54, 1.807) is 0 Å². The molecular formula is C11H22N2O3. The van der Waals surface area contributed by atoms with E-state index in [1.807, 2.05) is 13.8 Å². The van der Waals surface area contributed by atoms with Gasteiger partial charge in [-0.15, -0.1) is 0 Å². The highest BCUT2D eigenvalue weighted by Crippen LogP contribution is 1.98. The van der Waals surface area contributed by atoms with Gasteiger partial charge in [0.2, 0.25) is 5.91 Å². The third-order valence-electron chi connectivity index (χ3n) is 2.47. The van der Waals surface area contributed by atoms with E-state index in [1.165, 1.54) is 0 Å². The summed E-state index contributed by atoms with van der Waals surface area (Å²) in [6.07, 6.45) is 0.545. The Hall–Kier alpha value is -0.650. The minimum absolute atomic E-state index is 0.0505. The molecule has 0 saturated carbocycles. The fraction of sp³-hybridized carbons (Fsp3) is 0.909. The average molecular weight is 230 g/mol. The number of morpholine rings is 1. The molecule has 1 rings (SSSR count). The van der Waals surface area contributed by atoms with Crippen LogP contribution in [0.3, 0.4) is 0 Å². The number of ether oxygens (including phenoxy) is 2. The van der Waals surface area contributed by atoms with Crippen molar-refractivity contribution in [3.63, 3.8) is 0 Å². The van der Waals surface area contributed by atoms with Crippen molar-refractivity contribution in [2.24, 2.45) is 0 Å². The fourth-order valence-electron chi connectivity index (χ4n) is 1.65. The molecule has 94 valence electrons. The zero-order valence-electron chi connectivity index (χ0n) is 10.1. The summed E-state index contributed by atoms with van der Waals surface area (Å²) in [4.78, 5) is 11.6. The van der Waals surface area contributed by atoms with Gasteiger partial charge >= 0.3 is 0 Å². The van der Waals surface area contributed by atoms with E-state index < -0.39 is 0 Å². The molecule has 2 N–H and O–H groups in total. The van der Waals surface area contributed by atoms with Crippen LogP contribution in [0, 0.1) is 0 Å². The molecule has 0 aromatic heterocycles. The summed E-state index contributed by atoms with van der Waals surface area (Å²) in [6.45, 7) is 7.32. The van der Waals surface area contributed by atoms with Crippen molar-refractivity contribution in [3.05, 3.63) is 0 Å². The summed E-state index contributed by atoms with van der Waals surface area (Å²) in [7, 11) is 0. The largest absolute Gasteiger partial charge is 0.378 e. The van der Waals surface area contributed by atoms with E-state index in [9.17, 15) is 4.79 Å². The van der Waals surface area contributed by atoms with Gasteiger partial charge in [-0.2, -0.15) is 0 Å². The minimum atomic E-state index is 0.0505. The van der Waals surface area contributed by atoms with E-state index >= 15 is 0 Å². The number of nitrogens with one attached hydrogen (secondary N) is 2. The number of carbonyl (C=O) groups excluding carboxylic acids is 1. The van der Waals surface area contributed by atoms with Gasteiger partial charge < -0.3 is 20.1 Å². The maximum absolute atomic E-state index is 11.6. The second kappa shape index (κ2) is 7.60. The van der Waals surface area contributed by atoms with Crippen LogP contribution in [0.5, 0.6) is 0 Å². The summed E-state index contributed by atoms with van der Waals surface area (Å²) in [6, 6.07) is 0.149. The molecule has 1 aliphatic rings. The zero-order valence-corrected chi connectivity index (χ0v) is 10.1. The van der Waals surface area contributed by atoms with Crippen molar-refractivity contribution in [1.29, 1.82) is 0 Å². The Balaban J connectivity index is 2.10. The normalized spacial score (nSPS) is 22.8. The molecule has 1 amide bonds. The predicted molar refractivity (Wildman–Crippen MR) is 61.3 cm³/mol. The third-order valence-corrected chi connectivity index (χ3v) is 2.47. The van der Waals surface area contributed by atoms with Crippen molar-refractivity contribution in [2.45, 2.75) is 32.4 Å². The molecule has 0 radical (unpaired) electrons.